The molecule has 3 aromatic rings. The van der Waals surface area contributed by atoms with Crippen molar-refractivity contribution in [1.82, 2.24) is 14.9 Å². The number of rotatable bonds is 6. The Balaban J connectivity index is 1.47. The van der Waals surface area contributed by atoms with E-state index in [2.05, 4.69) is 15.2 Å². The second kappa shape index (κ2) is 10.8. The first-order valence-electron chi connectivity index (χ1n) is 11.5. The van der Waals surface area contributed by atoms with Gasteiger partial charge in [0.05, 0.1) is 19.9 Å². The number of benzene rings is 2. The quantitative estimate of drug-likeness (QED) is 0.533. The number of aryl methyl sites for hydroxylation is 2. The number of halogens is 1. The Kier molecular flexibility index (Phi) is 7.60. The Morgan fingerprint density at radius 1 is 1.03 bits per heavy atom. The smallest absolute Gasteiger partial charge is 0.322 e. The molecule has 2 aromatic carbocycles. The zero-order valence-electron chi connectivity index (χ0n) is 20.5. The zero-order valence-corrected chi connectivity index (χ0v) is 21.2. The van der Waals surface area contributed by atoms with Crippen LogP contribution in [0.4, 0.5) is 16.3 Å². The topological polar surface area (TPSA) is 79.8 Å². The van der Waals surface area contributed by atoms with Crippen molar-refractivity contribution in [2.24, 2.45) is 0 Å². The van der Waals surface area contributed by atoms with Crippen LogP contribution in [-0.4, -0.2) is 61.3 Å². The monoisotopic (exact) mass is 495 g/mol. The number of carbonyl (C=O) groups excluding carboxylic acids is 1. The van der Waals surface area contributed by atoms with Gasteiger partial charge >= 0.3 is 6.03 Å². The molecular weight excluding hydrogens is 466 g/mol. The van der Waals surface area contributed by atoms with Gasteiger partial charge in [0.15, 0.2) is 0 Å². The molecule has 0 radical (unpaired) electrons. The average Bonchev–Trinajstić information content (AvgIpc) is 2.87. The van der Waals surface area contributed by atoms with Gasteiger partial charge in [-0.2, -0.15) is 0 Å². The van der Waals surface area contributed by atoms with Gasteiger partial charge in [0, 0.05) is 54.9 Å². The van der Waals surface area contributed by atoms with Crippen molar-refractivity contribution < 1.29 is 14.3 Å². The van der Waals surface area contributed by atoms with Gasteiger partial charge in [0.1, 0.15) is 23.1 Å². The minimum atomic E-state index is -0.167. The zero-order chi connectivity index (χ0) is 24.9. The highest BCUT2D eigenvalue weighted by molar-refractivity contribution is 6.31. The molecule has 1 aliphatic rings. The highest BCUT2D eigenvalue weighted by Gasteiger charge is 2.25. The number of urea groups is 1. The second-order valence-corrected chi connectivity index (χ2v) is 8.80. The third kappa shape index (κ3) is 5.59. The van der Waals surface area contributed by atoms with E-state index in [0.717, 1.165) is 33.5 Å². The second-order valence-electron chi connectivity index (χ2n) is 8.40. The highest BCUT2D eigenvalue weighted by atomic mass is 35.5. The fourth-order valence-electron chi connectivity index (χ4n) is 4.24. The van der Waals surface area contributed by atoms with Crippen LogP contribution in [0.25, 0.3) is 0 Å². The maximum absolute atomic E-state index is 13.0. The first-order valence-corrected chi connectivity index (χ1v) is 11.9. The SMILES string of the molecule is COc1ccc(NC(=O)N2CCN(c3nc(C)nc(C)c3Cc3ccccc3Cl)CC2)c(OC)c1. The van der Waals surface area contributed by atoms with Crippen molar-refractivity contribution in [3.8, 4) is 11.5 Å². The number of carbonyl (C=O) groups is 1. The molecule has 2 amide bonds. The van der Waals surface area contributed by atoms with Crippen molar-refractivity contribution >= 4 is 29.1 Å². The largest absolute Gasteiger partial charge is 0.497 e. The molecule has 0 spiro atoms. The summed E-state index contributed by atoms with van der Waals surface area (Å²) in [6.07, 6.45) is 0.652. The Hall–Kier alpha value is -3.52. The Morgan fingerprint density at radius 2 is 1.77 bits per heavy atom. The lowest BCUT2D eigenvalue weighted by Gasteiger charge is -2.36. The van der Waals surface area contributed by atoms with Crippen molar-refractivity contribution in [2.45, 2.75) is 20.3 Å². The van der Waals surface area contributed by atoms with Gasteiger partial charge < -0.3 is 24.6 Å². The number of hydrogen-bond acceptors (Lipinski definition) is 6. The lowest BCUT2D eigenvalue weighted by atomic mass is 10.0. The van der Waals surface area contributed by atoms with Crippen LogP contribution >= 0.6 is 11.6 Å². The molecule has 1 saturated heterocycles. The molecule has 1 aliphatic heterocycles. The lowest BCUT2D eigenvalue weighted by molar-refractivity contribution is 0.208. The third-order valence-electron chi connectivity index (χ3n) is 6.15. The van der Waals surface area contributed by atoms with E-state index >= 15 is 0 Å². The van der Waals surface area contributed by atoms with Gasteiger partial charge in [-0.1, -0.05) is 29.8 Å². The molecule has 1 aromatic heterocycles. The Bertz CT molecular complexity index is 1210. The van der Waals surface area contributed by atoms with Crippen molar-refractivity contribution in [1.29, 1.82) is 0 Å². The predicted molar refractivity (Wildman–Crippen MR) is 138 cm³/mol. The van der Waals surface area contributed by atoms with Crippen LogP contribution in [0.15, 0.2) is 42.5 Å². The number of anilines is 2. The Morgan fingerprint density at radius 3 is 2.46 bits per heavy atom. The fourth-order valence-corrected chi connectivity index (χ4v) is 4.44. The van der Waals surface area contributed by atoms with Gasteiger partial charge in [0.2, 0.25) is 0 Å². The number of hydrogen-bond donors (Lipinski definition) is 1. The van der Waals surface area contributed by atoms with Crippen molar-refractivity contribution in [3.63, 3.8) is 0 Å². The molecule has 1 fully saturated rings. The minimum Gasteiger partial charge on any atom is -0.497 e. The molecule has 0 unspecified atom stereocenters. The number of piperazine rings is 1. The maximum Gasteiger partial charge on any atom is 0.322 e. The van der Waals surface area contributed by atoms with E-state index in [0.29, 0.717) is 49.8 Å². The molecule has 35 heavy (non-hydrogen) atoms. The van der Waals surface area contributed by atoms with Crippen LogP contribution in [0.1, 0.15) is 22.6 Å². The standard InChI is InChI=1S/C26H30ClN5O3/c1-17-21(15-19-7-5-6-8-22(19)27)25(29-18(2)28-17)31-11-13-32(14-12-31)26(33)30-23-10-9-20(34-3)16-24(23)35-4/h5-10,16H,11-15H2,1-4H3,(H,30,33). The fraction of sp³-hybridized carbons (Fsp3) is 0.346. The van der Waals surface area contributed by atoms with Gasteiger partial charge in [-0.25, -0.2) is 14.8 Å². The van der Waals surface area contributed by atoms with E-state index in [1.54, 1.807) is 37.3 Å². The Labute approximate surface area is 210 Å². The molecule has 2 heterocycles. The molecule has 0 aliphatic carbocycles. The molecule has 184 valence electrons. The summed E-state index contributed by atoms with van der Waals surface area (Å²) in [5.41, 5.74) is 3.64. The highest BCUT2D eigenvalue weighted by Crippen LogP contribution is 2.30. The summed E-state index contributed by atoms with van der Waals surface area (Å²) in [6.45, 7) is 6.38. The first-order chi connectivity index (χ1) is 16.9. The van der Waals surface area contributed by atoms with Gasteiger partial charge in [-0.3, -0.25) is 0 Å². The predicted octanol–water partition coefficient (Wildman–Crippen LogP) is 4.71. The van der Waals surface area contributed by atoms with E-state index in [9.17, 15) is 4.79 Å². The maximum atomic E-state index is 13.0. The van der Waals surface area contributed by atoms with Crippen LogP contribution < -0.4 is 19.7 Å². The van der Waals surface area contributed by atoms with E-state index in [1.165, 1.54) is 0 Å². The molecular formula is C26H30ClN5O3. The summed E-state index contributed by atoms with van der Waals surface area (Å²) < 4.78 is 10.6. The van der Waals surface area contributed by atoms with Crippen molar-refractivity contribution in [3.05, 3.63) is 70.1 Å². The molecule has 0 bridgehead atoms. The number of methoxy groups -OCH3 is 2. The van der Waals surface area contributed by atoms with Gasteiger partial charge in [-0.15, -0.1) is 0 Å². The van der Waals surface area contributed by atoms with Crippen LogP contribution in [0.2, 0.25) is 5.02 Å². The summed E-state index contributed by atoms with van der Waals surface area (Å²) in [7, 11) is 3.15. The van der Waals surface area contributed by atoms with E-state index in [1.807, 2.05) is 38.1 Å². The number of nitrogens with zero attached hydrogens (tertiary/aromatic N) is 4. The average molecular weight is 496 g/mol. The number of amides is 2. The van der Waals surface area contributed by atoms with Crippen LogP contribution in [0, 0.1) is 13.8 Å². The summed E-state index contributed by atoms with van der Waals surface area (Å²) in [5, 5.41) is 3.68. The molecule has 8 nitrogen and oxygen atoms in total. The summed E-state index contributed by atoms with van der Waals surface area (Å²) in [4.78, 5) is 26.4. The summed E-state index contributed by atoms with van der Waals surface area (Å²) in [6, 6.07) is 13.0. The number of aromatic nitrogens is 2. The first kappa shape index (κ1) is 24.6. The van der Waals surface area contributed by atoms with Crippen LogP contribution in [0.3, 0.4) is 0 Å². The molecule has 9 heteroatoms. The minimum absolute atomic E-state index is 0.167. The number of ether oxygens (including phenoxy) is 2. The molecule has 0 atom stereocenters. The summed E-state index contributed by atoms with van der Waals surface area (Å²) in [5.74, 6) is 2.85. The summed E-state index contributed by atoms with van der Waals surface area (Å²) >= 11 is 6.43. The van der Waals surface area contributed by atoms with E-state index in [-0.39, 0.29) is 6.03 Å². The van der Waals surface area contributed by atoms with Crippen LogP contribution in [0.5, 0.6) is 11.5 Å². The van der Waals surface area contributed by atoms with Crippen LogP contribution in [-0.2, 0) is 6.42 Å². The van der Waals surface area contributed by atoms with E-state index < -0.39 is 0 Å². The van der Waals surface area contributed by atoms with E-state index in [4.69, 9.17) is 26.1 Å². The number of nitrogens with one attached hydrogen (secondary N) is 1. The lowest BCUT2D eigenvalue weighted by Crippen LogP contribution is -2.50. The molecule has 1 N–H and O–H groups in total. The van der Waals surface area contributed by atoms with Gasteiger partial charge in [-0.05, 0) is 37.6 Å². The molecule has 0 saturated carbocycles. The van der Waals surface area contributed by atoms with Gasteiger partial charge in [0.25, 0.3) is 0 Å². The van der Waals surface area contributed by atoms with Crippen molar-refractivity contribution in [2.75, 3.05) is 50.6 Å². The molecule has 4 rings (SSSR count). The normalized spacial score (nSPS) is 13.5. The third-order valence-corrected chi connectivity index (χ3v) is 6.51.